The Labute approximate surface area is 174 Å². The Hall–Kier alpha value is -3.93. The van der Waals surface area contributed by atoms with E-state index in [1.807, 2.05) is 48.5 Å². The number of carbonyl (C=O) groups is 3. The number of ether oxygens (including phenoxy) is 1. The molecule has 30 heavy (non-hydrogen) atoms. The van der Waals surface area contributed by atoms with Gasteiger partial charge >= 0.3 is 11.9 Å². The lowest BCUT2D eigenvalue weighted by atomic mass is 10.0. The lowest BCUT2D eigenvalue weighted by Crippen LogP contribution is -2.42. The van der Waals surface area contributed by atoms with Crippen molar-refractivity contribution >= 4 is 17.8 Å². The van der Waals surface area contributed by atoms with Gasteiger partial charge < -0.3 is 15.2 Å². The highest BCUT2D eigenvalue weighted by Gasteiger charge is 2.24. The van der Waals surface area contributed by atoms with Crippen molar-refractivity contribution in [2.45, 2.75) is 19.1 Å². The molecule has 3 aromatic rings. The van der Waals surface area contributed by atoms with E-state index in [9.17, 15) is 19.5 Å². The topological polar surface area (TPSA) is 92.7 Å². The lowest BCUT2D eigenvalue weighted by Gasteiger charge is -2.14. The Balaban J connectivity index is 1.58. The van der Waals surface area contributed by atoms with Crippen molar-refractivity contribution in [3.8, 4) is 11.1 Å². The number of aliphatic carboxylic acids is 1. The van der Waals surface area contributed by atoms with Gasteiger partial charge in [0.1, 0.15) is 12.6 Å². The molecule has 3 rings (SSSR count). The fourth-order valence-corrected chi connectivity index (χ4v) is 2.85. The Morgan fingerprint density at radius 1 is 0.800 bits per heavy atom. The summed E-state index contributed by atoms with van der Waals surface area (Å²) in [6.07, 6.45) is -0.462. The van der Waals surface area contributed by atoms with Crippen LogP contribution in [0.5, 0.6) is 0 Å². The van der Waals surface area contributed by atoms with Crippen LogP contribution >= 0.6 is 0 Å². The minimum absolute atomic E-state index is 0.0426. The van der Waals surface area contributed by atoms with Crippen LogP contribution in [0.15, 0.2) is 84.9 Å². The number of esters is 1. The molecule has 0 spiro atoms. The maximum atomic E-state index is 12.4. The van der Waals surface area contributed by atoms with Crippen molar-refractivity contribution in [3.05, 3.63) is 96.1 Å². The van der Waals surface area contributed by atoms with Crippen molar-refractivity contribution < 1.29 is 24.2 Å². The van der Waals surface area contributed by atoms with E-state index in [0.717, 1.165) is 16.7 Å². The molecule has 1 atom stereocenters. The maximum Gasteiger partial charge on any atom is 0.326 e. The van der Waals surface area contributed by atoms with Crippen LogP contribution < -0.4 is 5.32 Å². The van der Waals surface area contributed by atoms with E-state index in [4.69, 9.17) is 4.74 Å². The largest absolute Gasteiger partial charge is 0.480 e. The zero-order valence-electron chi connectivity index (χ0n) is 16.2. The first kappa shape index (κ1) is 20.8. The van der Waals surface area contributed by atoms with Gasteiger partial charge in [0.2, 0.25) is 0 Å². The number of carboxylic acids is 1. The van der Waals surface area contributed by atoms with Crippen LogP contribution in [0.2, 0.25) is 0 Å². The highest BCUT2D eigenvalue weighted by molar-refractivity contribution is 5.97. The van der Waals surface area contributed by atoms with Crippen molar-refractivity contribution in [1.82, 2.24) is 5.32 Å². The standard InChI is InChI=1S/C24H21NO5/c26-22(30-16-17-7-3-1-4-8-17)15-21(24(28)29)25-23(27)20-13-11-19(12-14-20)18-9-5-2-6-10-18/h1-14,21H,15-16H2,(H,25,27)(H,28,29)/t21-/m1/s1. The number of hydrogen-bond acceptors (Lipinski definition) is 4. The molecule has 0 bridgehead atoms. The number of carboxylic acid groups (broad SMARTS) is 1. The molecule has 0 aliphatic heterocycles. The SMILES string of the molecule is O=C(C[C@@H](NC(=O)c1ccc(-c2ccccc2)cc1)C(=O)O)OCc1ccccc1. The lowest BCUT2D eigenvalue weighted by molar-refractivity contribution is -0.150. The highest BCUT2D eigenvalue weighted by Crippen LogP contribution is 2.19. The average molecular weight is 403 g/mol. The number of rotatable bonds is 8. The second kappa shape index (κ2) is 10.0. The first-order valence-electron chi connectivity index (χ1n) is 9.41. The summed E-state index contributed by atoms with van der Waals surface area (Å²) in [7, 11) is 0. The van der Waals surface area contributed by atoms with E-state index < -0.39 is 30.3 Å². The third kappa shape index (κ3) is 5.78. The molecule has 1 amide bonds. The van der Waals surface area contributed by atoms with Gasteiger partial charge in [0.15, 0.2) is 0 Å². The van der Waals surface area contributed by atoms with Gasteiger partial charge in [-0.25, -0.2) is 4.79 Å². The molecular formula is C24H21NO5. The van der Waals surface area contributed by atoms with E-state index in [-0.39, 0.29) is 6.61 Å². The van der Waals surface area contributed by atoms with E-state index >= 15 is 0 Å². The molecule has 0 saturated heterocycles. The third-order valence-electron chi connectivity index (χ3n) is 4.47. The summed E-state index contributed by atoms with van der Waals surface area (Å²) in [6.45, 7) is 0.0426. The molecule has 6 nitrogen and oxygen atoms in total. The summed E-state index contributed by atoms with van der Waals surface area (Å²) in [6, 6.07) is 24.1. The van der Waals surface area contributed by atoms with Gasteiger partial charge in [0.25, 0.3) is 5.91 Å². The summed E-state index contributed by atoms with van der Waals surface area (Å²) >= 11 is 0. The van der Waals surface area contributed by atoms with Crippen molar-refractivity contribution in [3.63, 3.8) is 0 Å². The van der Waals surface area contributed by atoms with Crippen LogP contribution in [-0.4, -0.2) is 29.0 Å². The fourth-order valence-electron chi connectivity index (χ4n) is 2.85. The van der Waals surface area contributed by atoms with Crippen molar-refractivity contribution in [2.24, 2.45) is 0 Å². The monoisotopic (exact) mass is 403 g/mol. The first-order valence-corrected chi connectivity index (χ1v) is 9.41. The minimum Gasteiger partial charge on any atom is -0.480 e. The predicted octanol–water partition coefficient (Wildman–Crippen LogP) is 3.67. The van der Waals surface area contributed by atoms with E-state index in [0.29, 0.717) is 5.56 Å². The van der Waals surface area contributed by atoms with E-state index in [1.54, 1.807) is 36.4 Å². The molecule has 152 valence electrons. The number of benzene rings is 3. The second-order valence-corrected chi connectivity index (χ2v) is 6.66. The molecule has 0 heterocycles. The van der Waals surface area contributed by atoms with E-state index in [1.165, 1.54) is 0 Å². The predicted molar refractivity (Wildman–Crippen MR) is 112 cm³/mol. The zero-order chi connectivity index (χ0) is 21.3. The van der Waals surface area contributed by atoms with Gasteiger partial charge in [0.05, 0.1) is 6.42 Å². The maximum absolute atomic E-state index is 12.4. The Kier molecular flexibility index (Phi) is 6.95. The van der Waals surface area contributed by atoms with Crippen molar-refractivity contribution in [2.75, 3.05) is 0 Å². The molecule has 0 fully saturated rings. The third-order valence-corrected chi connectivity index (χ3v) is 4.47. The Morgan fingerprint density at radius 3 is 1.97 bits per heavy atom. The summed E-state index contributed by atoms with van der Waals surface area (Å²) in [5.74, 6) is -2.58. The van der Waals surface area contributed by atoms with Gasteiger partial charge in [-0.1, -0.05) is 72.8 Å². The molecule has 0 aliphatic carbocycles. The molecular weight excluding hydrogens is 382 g/mol. The molecule has 6 heteroatoms. The van der Waals surface area contributed by atoms with Crippen LogP contribution in [0.4, 0.5) is 0 Å². The zero-order valence-corrected chi connectivity index (χ0v) is 16.2. The van der Waals surface area contributed by atoms with Gasteiger partial charge in [0, 0.05) is 5.56 Å². The molecule has 0 radical (unpaired) electrons. The summed E-state index contributed by atoms with van der Waals surface area (Å²) < 4.78 is 5.11. The van der Waals surface area contributed by atoms with Crippen LogP contribution in [0.25, 0.3) is 11.1 Å². The minimum atomic E-state index is -1.38. The number of amides is 1. The van der Waals surface area contributed by atoms with Crippen LogP contribution in [0.3, 0.4) is 0 Å². The average Bonchev–Trinajstić information content (AvgIpc) is 2.78. The van der Waals surface area contributed by atoms with Gasteiger partial charge in [-0.3, -0.25) is 9.59 Å². The van der Waals surface area contributed by atoms with Gasteiger partial charge in [-0.15, -0.1) is 0 Å². The molecule has 0 aromatic heterocycles. The van der Waals surface area contributed by atoms with Crippen molar-refractivity contribution in [1.29, 1.82) is 0 Å². The summed E-state index contributed by atoms with van der Waals surface area (Å²) in [5.41, 5.74) is 3.04. The van der Waals surface area contributed by atoms with Crippen LogP contribution in [-0.2, 0) is 20.9 Å². The van der Waals surface area contributed by atoms with Crippen LogP contribution in [0, 0.1) is 0 Å². The summed E-state index contributed by atoms with van der Waals surface area (Å²) in [4.78, 5) is 35.9. The normalized spacial score (nSPS) is 11.3. The molecule has 0 unspecified atom stereocenters. The first-order chi connectivity index (χ1) is 14.5. The molecule has 0 saturated carbocycles. The van der Waals surface area contributed by atoms with Crippen LogP contribution in [0.1, 0.15) is 22.3 Å². The number of carbonyl (C=O) groups excluding carboxylic acids is 2. The molecule has 3 aromatic carbocycles. The Morgan fingerprint density at radius 2 is 1.37 bits per heavy atom. The Bertz CT molecular complexity index is 1000. The summed E-state index contributed by atoms with van der Waals surface area (Å²) in [5, 5.41) is 11.8. The van der Waals surface area contributed by atoms with Gasteiger partial charge in [-0.05, 0) is 28.8 Å². The quantitative estimate of drug-likeness (QED) is 0.560. The van der Waals surface area contributed by atoms with E-state index in [2.05, 4.69) is 5.32 Å². The molecule has 2 N–H and O–H groups in total. The van der Waals surface area contributed by atoms with Gasteiger partial charge in [-0.2, -0.15) is 0 Å². The molecule has 0 aliphatic rings. The fraction of sp³-hybridized carbons (Fsp3) is 0.125. The highest BCUT2D eigenvalue weighted by atomic mass is 16.5. The second-order valence-electron chi connectivity index (χ2n) is 6.66. The number of nitrogens with one attached hydrogen (secondary N) is 1. The number of hydrogen-bond donors (Lipinski definition) is 2. The smallest absolute Gasteiger partial charge is 0.326 e.